The monoisotopic (exact) mass is 390 g/mol. The van der Waals surface area contributed by atoms with Gasteiger partial charge in [-0.1, -0.05) is 35.5 Å². The molecule has 0 aliphatic rings. The molecule has 2 aromatic carbocycles. The molecule has 3 aromatic rings. The Hall–Kier alpha value is -2.38. The lowest BCUT2D eigenvalue weighted by atomic mass is 10.2. The topological polar surface area (TPSA) is 59.8 Å². The van der Waals surface area contributed by atoms with Gasteiger partial charge in [0.05, 0.1) is 10.8 Å². The fourth-order valence-electron chi connectivity index (χ4n) is 2.28. The summed E-state index contributed by atoms with van der Waals surface area (Å²) >= 11 is 7.09. The number of benzene rings is 2. The number of halogens is 2. The van der Waals surface area contributed by atoms with Crippen molar-refractivity contribution in [2.45, 2.75) is 17.3 Å². The van der Waals surface area contributed by atoms with Gasteiger partial charge in [-0.2, -0.15) is 0 Å². The molecule has 26 heavy (non-hydrogen) atoms. The predicted molar refractivity (Wildman–Crippen MR) is 102 cm³/mol. The molecule has 0 aliphatic heterocycles. The van der Waals surface area contributed by atoms with Crippen LogP contribution in [-0.4, -0.2) is 25.9 Å². The first-order valence-electron chi connectivity index (χ1n) is 7.83. The third-order valence-corrected chi connectivity index (χ3v) is 5.10. The molecular formula is C18H16ClFN4OS. The number of thioether (sulfide) groups is 1. The molecule has 0 unspecified atom stereocenters. The van der Waals surface area contributed by atoms with Crippen LogP contribution < -0.4 is 5.32 Å². The average molecular weight is 391 g/mol. The van der Waals surface area contributed by atoms with Gasteiger partial charge >= 0.3 is 0 Å². The van der Waals surface area contributed by atoms with E-state index < -0.39 is 5.25 Å². The van der Waals surface area contributed by atoms with Crippen LogP contribution in [0.5, 0.6) is 0 Å². The fourth-order valence-corrected chi connectivity index (χ4v) is 3.22. The maximum Gasteiger partial charge on any atom is 0.237 e. The number of aromatic nitrogens is 3. The minimum absolute atomic E-state index is 0.173. The van der Waals surface area contributed by atoms with Crippen molar-refractivity contribution in [3.05, 3.63) is 59.4 Å². The number of carbonyl (C=O) groups is 1. The van der Waals surface area contributed by atoms with Gasteiger partial charge in [-0.15, -0.1) is 10.2 Å². The molecule has 5 nitrogen and oxygen atoms in total. The number of hydrogen-bond donors (Lipinski definition) is 1. The summed E-state index contributed by atoms with van der Waals surface area (Å²) in [5, 5.41) is 11.7. The van der Waals surface area contributed by atoms with Gasteiger partial charge in [-0.05, 0) is 43.3 Å². The van der Waals surface area contributed by atoms with Crippen LogP contribution in [-0.2, 0) is 11.8 Å². The zero-order valence-electron chi connectivity index (χ0n) is 14.1. The number of carbonyl (C=O) groups excluding carboxylic acids is 1. The normalized spacial score (nSPS) is 12.0. The summed E-state index contributed by atoms with van der Waals surface area (Å²) in [7, 11) is 1.74. The number of hydrogen-bond acceptors (Lipinski definition) is 4. The molecule has 1 amide bonds. The number of rotatable bonds is 5. The molecule has 0 fully saturated rings. The van der Waals surface area contributed by atoms with Crippen LogP contribution in [0.1, 0.15) is 6.92 Å². The molecule has 3 rings (SSSR count). The van der Waals surface area contributed by atoms with Crippen LogP contribution in [0.15, 0.2) is 53.7 Å². The van der Waals surface area contributed by atoms with Crippen molar-refractivity contribution >= 4 is 35.0 Å². The summed E-state index contributed by atoms with van der Waals surface area (Å²) in [5.74, 6) is -0.128. The van der Waals surface area contributed by atoms with E-state index in [9.17, 15) is 9.18 Å². The van der Waals surface area contributed by atoms with Gasteiger partial charge in [0, 0.05) is 17.8 Å². The number of nitrogens with zero attached hydrogens (tertiary/aromatic N) is 3. The Morgan fingerprint density at radius 3 is 2.58 bits per heavy atom. The van der Waals surface area contributed by atoms with Crippen molar-refractivity contribution in [2.75, 3.05) is 5.32 Å². The summed E-state index contributed by atoms with van der Waals surface area (Å²) in [4.78, 5) is 12.4. The first kappa shape index (κ1) is 18.4. The number of nitrogens with one attached hydrogen (secondary N) is 1. The number of amides is 1. The van der Waals surface area contributed by atoms with Crippen LogP contribution in [0.3, 0.4) is 0 Å². The molecule has 0 radical (unpaired) electrons. The SMILES string of the molecule is C[C@@H](Sc1nnc(-c2ccccc2F)n1C)C(=O)Nc1ccc(Cl)cc1. The van der Waals surface area contributed by atoms with Crippen LogP contribution in [0.25, 0.3) is 11.4 Å². The first-order chi connectivity index (χ1) is 12.5. The summed E-state index contributed by atoms with van der Waals surface area (Å²) in [6.07, 6.45) is 0. The summed E-state index contributed by atoms with van der Waals surface area (Å²) in [6.45, 7) is 1.77. The van der Waals surface area contributed by atoms with Crippen molar-refractivity contribution in [2.24, 2.45) is 7.05 Å². The Balaban J connectivity index is 1.71. The zero-order chi connectivity index (χ0) is 18.7. The van der Waals surface area contributed by atoms with E-state index in [-0.39, 0.29) is 11.7 Å². The van der Waals surface area contributed by atoms with Gasteiger partial charge in [0.1, 0.15) is 5.82 Å². The zero-order valence-corrected chi connectivity index (χ0v) is 15.7. The molecule has 0 bridgehead atoms. The van der Waals surface area contributed by atoms with E-state index in [2.05, 4.69) is 15.5 Å². The molecule has 1 N–H and O–H groups in total. The Bertz CT molecular complexity index is 929. The minimum Gasteiger partial charge on any atom is -0.325 e. The molecule has 0 spiro atoms. The second-order valence-electron chi connectivity index (χ2n) is 5.60. The lowest BCUT2D eigenvalue weighted by Gasteiger charge is -2.12. The molecule has 8 heteroatoms. The summed E-state index contributed by atoms with van der Waals surface area (Å²) in [6, 6.07) is 13.3. The van der Waals surface area contributed by atoms with Gasteiger partial charge in [-0.25, -0.2) is 4.39 Å². The molecule has 1 heterocycles. The second kappa shape index (κ2) is 7.88. The fraction of sp³-hybridized carbons (Fsp3) is 0.167. The van der Waals surface area contributed by atoms with Crippen LogP contribution in [0, 0.1) is 5.82 Å². The quantitative estimate of drug-likeness (QED) is 0.656. The van der Waals surface area contributed by atoms with Gasteiger partial charge in [0.2, 0.25) is 5.91 Å². The van der Waals surface area contributed by atoms with E-state index in [0.29, 0.717) is 27.3 Å². The molecular weight excluding hydrogens is 375 g/mol. The van der Waals surface area contributed by atoms with Gasteiger partial charge < -0.3 is 9.88 Å². The highest BCUT2D eigenvalue weighted by atomic mass is 35.5. The molecule has 0 aliphatic carbocycles. The second-order valence-corrected chi connectivity index (χ2v) is 7.35. The molecule has 1 aromatic heterocycles. The van der Waals surface area contributed by atoms with Crippen molar-refractivity contribution in [1.82, 2.24) is 14.8 Å². The molecule has 0 saturated heterocycles. The van der Waals surface area contributed by atoms with Crippen molar-refractivity contribution in [1.29, 1.82) is 0 Å². The Morgan fingerprint density at radius 2 is 1.88 bits per heavy atom. The summed E-state index contributed by atoms with van der Waals surface area (Å²) in [5.41, 5.74) is 1.03. The van der Waals surface area contributed by atoms with E-state index in [4.69, 9.17) is 11.6 Å². The van der Waals surface area contributed by atoms with Crippen molar-refractivity contribution in [3.8, 4) is 11.4 Å². The molecule has 1 atom stereocenters. The van der Waals surface area contributed by atoms with Crippen molar-refractivity contribution in [3.63, 3.8) is 0 Å². The summed E-state index contributed by atoms with van der Waals surface area (Å²) < 4.78 is 15.6. The Kier molecular flexibility index (Phi) is 5.58. The van der Waals surface area contributed by atoms with E-state index in [0.717, 1.165) is 0 Å². The smallest absolute Gasteiger partial charge is 0.237 e. The van der Waals surface area contributed by atoms with E-state index in [1.54, 1.807) is 61.0 Å². The average Bonchev–Trinajstić information content (AvgIpc) is 2.98. The van der Waals surface area contributed by atoms with E-state index in [1.165, 1.54) is 17.8 Å². The maximum absolute atomic E-state index is 14.0. The Morgan fingerprint density at radius 1 is 1.19 bits per heavy atom. The predicted octanol–water partition coefficient (Wildman–Crippen LogP) is 4.39. The number of anilines is 1. The van der Waals surface area contributed by atoms with E-state index >= 15 is 0 Å². The van der Waals surface area contributed by atoms with Gasteiger partial charge in [0.25, 0.3) is 0 Å². The van der Waals surface area contributed by atoms with Crippen LogP contribution >= 0.6 is 23.4 Å². The highest BCUT2D eigenvalue weighted by molar-refractivity contribution is 8.00. The van der Waals surface area contributed by atoms with Gasteiger partial charge in [-0.3, -0.25) is 4.79 Å². The van der Waals surface area contributed by atoms with Gasteiger partial charge in [0.15, 0.2) is 11.0 Å². The lowest BCUT2D eigenvalue weighted by molar-refractivity contribution is -0.115. The third kappa shape index (κ3) is 4.05. The van der Waals surface area contributed by atoms with E-state index in [1.807, 2.05) is 0 Å². The molecule has 0 saturated carbocycles. The molecule has 134 valence electrons. The highest BCUT2D eigenvalue weighted by Crippen LogP contribution is 2.27. The van der Waals surface area contributed by atoms with Crippen molar-refractivity contribution < 1.29 is 9.18 Å². The minimum atomic E-state index is -0.415. The standard InChI is InChI=1S/C18H16ClFN4OS/c1-11(17(25)21-13-9-7-12(19)8-10-13)26-18-23-22-16(24(18)2)14-5-3-4-6-15(14)20/h3-11H,1-2H3,(H,21,25)/t11-/m1/s1. The highest BCUT2D eigenvalue weighted by Gasteiger charge is 2.20. The third-order valence-electron chi connectivity index (χ3n) is 3.71. The largest absolute Gasteiger partial charge is 0.325 e. The van der Waals surface area contributed by atoms with Crippen LogP contribution in [0.2, 0.25) is 5.02 Å². The Labute approximate surface area is 159 Å². The first-order valence-corrected chi connectivity index (χ1v) is 9.09. The van der Waals surface area contributed by atoms with Crippen LogP contribution in [0.4, 0.5) is 10.1 Å². The maximum atomic E-state index is 14.0. The lowest BCUT2D eigenvalue weighted by Crippen LogP contribution is -2.22.